The third-order valence-corrected chi connectivity index (χ3v) is 6.19. The van der Waals surface area contributed by atoms with Gasteiger partial charge in [0.1, 0.15) is 5.75 Å². The lowest BCUT2D eigenvalue weighted by atomic mass is 10.2. The van der Waals surface area contributed by atoms with E-state index in [0.29, 0.717) is 28.1 Å². The Kier molecular flexibility index (Phi) is 8.78. The molecule has 30 heavy (non-hydrogen) atoms. The van der Waals surface area contributed by atoms with Gasteiger partial charge in [0.15, 0.2) is 5.11 Å². The van der Waals surface area contributed by atoms with Crippen molar-refractivity contribution in [1.29, 1.82) is 0 Å². The van der Waals surface area contributed by atoms with Gasteiger partial charge in [-0.25, -0.2) is 13.1 Å². The molecule has 2 aromatic carbocycles. The predicted octanol–water partition coefficient (Wildman–Crippen LogP) is 4.05. The number of carbonyl (C=O) groups is 1. The van der Waals surface area contributed by atoms with Gasteiger partial charge in [0, 0.05) is 17.3 Å². The van der Waals surface area contributed by atoms with Gasteiger partial charge >= 0.3 is 0 Å². The topological polar surface area (TPSA) is 96.5 Å². The Bertz CT molecular complexity index is 1010. The van der Waals surface area contributed by atoms with E-state index in [1.54, 1.807) is 44.2 Å². The van der Waals surface area contributed by atoms with Crippen LogP contribution in [-0.2, 0) is 10.0 Å². The fourth-order valence-electron chi connectivity index (χ4n) is 2.40. The molecule has 0 saturated heterocycles. The van der Waals surface area contributed by atoms with Crippen LogP contribution >= 0.6 is 28.1 Å². The summed E-state index contributed by atoms with van der Waals surface area (Å²) < 4.78 is 33.1. The Morgan fingerprint density at radius 2 is 1.83 bits per heavy atom. The van der Waals surface area contributed by atoms with Crippen molar-refractivity contribution in [3.63, 3.8) is 0 Å². The van der Waals surface area contributed by atoms with Crippen LogP contribution in [0.2, 0.25) is 0 Å². The molecule has 0 aliphatic rings. The molecule has 2 aromatic rings. The van der Waals surface area contributed by atoms with Crippen molar-refractivity contribution in [1.82, 2.24) is 10.0 Å². The highest BCUT2D eigenvalue weighted by atomic mass is 79.9. The molecule has 3 N–H and O–H groups in total. The zero-order chi connectivity index (χ0) is 22.3. The van der Waals surface area contributed by atoms with E-state index in [1.807, 2.05) is 6.92 Å². The maximum absolute atomic E-state index is 12.4. The molecule has 0 radical (unpaired) electrons. The smallest absolute Gasteiger partial charge is 0.257 e. The Labute approximate surface area is 190 Å². The van der Waals surface area contributed by atoms with Gasteiger partial charge in [-0.3, -0.25) is 10.1 Å². The molecule has 0 aromatic heterocycles. The Morgan fingerprint density at radius 3 is 2.40 bits per heavy atom. The zero-order valence-corrected chi connectivity index (χ0v) is 20.1. The fraction of sp³-hybridized carbons (Fsp3) is 0.300. The van der Waals surface area contributed by atoms with Crippen molar-refractivity contribution >= 4 is 54.9 Å². The summed E-state index contributed by atoms with van der Waals surface area (Å²) in [5, 5.41) is 5.55. The van der Waals surface area contributed by atoms with E-state index in [9.17, 15) is 13.2 Å². The summed E-state index contributed by atoms with van der Waals surface area (Å²) in [6, 6.07) is 10.9. The van der Waals surface area contributed by atoms with E-state index in [2.05, 4.69) is 31.3 Å². The monoisotopic (exact) mass is 513 g/mol. The first-order valence-corrected chi connectivity index (χ1v) is 12.0. The second-order valence-corrected chi connectivity index (χ2v) is 9.68. The molecule has 0 heterocycles. The highest BCUT2D eigenvalue weighted by Crippen LogP contribution is 2.26. The molecule has 0 unspecified atom stereocenters. The molecule has 0 atom stereocenters. The molecule has 0 saturated carbocycles. The van der Waals surface area contributed by atoms with E-state index in [-0.39, 0.29) is 22.0 Å². The number of benzene rings is 2. The maximum Gasteiger partial charge on any atom is 0.257 e. The van der Waals surface area contributed by atoms with E-state index >= 15 is 0 Å². The van der Waals surface area contributed by atoms with Crippen LogP contribution in [-0.4, -0.2) is 32.1 Å². The van der Waals surface area contributed by atoms with E-state index in [0.717, 1.165) is 6.42 Å². The minimum atomic E-state index is -3.57. The zero-order valence-electron chi connectivity index (χ0n) is 16.9. The third-order valence-electron chi connectivity index (χ3n) is 3.70. The summed E-state index contributed by atoms with van der Waals surface area (Å²) in [4.78, 5) is 12.6. The van der Waals surface area contributed by atoms with Gasteiger partial charge in [0.25, 0.3) is 5.91 Å². The second kappa shape index (κ2) is 10.9. The summed E-state index contributed by atoms with van der Waals surface area (Å²) >= 11 is 8.58. The van der Waals surface area contributed by atoms with Gasteiger partial charge in [0.2, 0.25) is 10.0 Å². The van der Waals surface area contributed by atoms with E-state index < -0.39 is 10.0 Å². The van der Waals surface area contributed by atoms with E-state index in [1.165, 1.54) is 12.1 Å². The number of sulfonamides is 1. The highest BCUT2D eigenvalue weighted by molar-refractivity contribution is 9.10. The minimum absolute atomic E-state index is 0.0957. The molecule has 2 rings (SSSR count). The number of anilines is 1. The SMILES string of the molecule is CCCOc1ccc(C(=O)NC(=S)Nc2ccc(S(=O)(=O)NC(C)C)cc2)cc1Br. The molecule has 1 amide bonds. The third kappa shape index (κ3) is 7.05. The van der Waals surface area contributed by atoms with Crippen LogP contribution in [0.4, 0.5) is 5.69 Å². The Balaban J connectivity index is 1.98. The van der Waals surface area contributed by atoms with Crippen LogP contribution < -0.4 is 20.1 Å². The summed E-state index contributed by atoms with van der Waals surface area (Å²) in [6.45, 7) is 6.10. The van der Waals surface area contributed by atoms with Crippen LogP contribution in [0.25, 0.3) is 0 Å². The molecule has 0 spiro atoms. The van der Waals surface area contributed by atoms with Crippen molar-refractivity contribution in [3.05, 3.63) is 52.5 Å². The molecule has 0 aliphatic carbocycles. The molecule has 0 bridgehead atoms. The number of rotatable bonds is 8. The van der Waals surface area contributed by atoms with Crippen LogP contribution in [0, 0.1) is 0 Å². The number of ether oxygens (including phenoxy) is 1. The van der Waals surface area contributed by atoms with Crippen molar-refractivity contribution in [2.75, 3.05) is 11.9 Å². The molecular formula is C20H24BrN3O4S2. The first-order chi connectivity index (χ1) is 14.1. The lowest BCUT2D eigenvalue weighted by Crippen LogP contribution is -2.34. The Morgan fingerprint density at radius 1 is 1.17 bits per heavy atom. The first kappa shape index (κ1) is 24.3. The van der Waals surface area contributed by atoms with Gasteiger partial charge in [-0.05, 0) is 90.9 Å². The van der Waals surface area contributed by atoms with Crippen molar-refractivity contribution < 1.29 is 17.9 Å². The van der Waals surface area contributed by atoms with Crippen LogP contribution in [0.5, 0.6) is 5.75 Å². The summed E-state index contributed by atoms with van der Waals surface area (Å²) in [7, 11) is -3.57. The number of halogens is 1. The predicted molar refractivity (Wildman–Crippen MR) is 126 cm³/mol. The standard InChI is InChI=1S/C20H24BrN3O4S2/c1-4-11-28-18-10-5-14(12-17(18)21)19(25)23-20(29)22-15-6-8-16(9-7-15)30(26,27)24-13(2)3/h5-10,12-13,24H,4,11H2,1-3H3,(H2,22,23,25,29). The van der Waals surface area contributed by atoms with Crippen LogP contribution in [0.15, 0.2) is 51.8 Å². The number of thiocarbonyl (C=S) groups is 1. The average Bonchev–Trinajstić information content (AvgIpc) is 2.66. The second-order valence-electron chi connectivity index (χ2n) is 6.70. The summed E-state index contributed by atoms with van der Waals surface area (Å²) in [5.41, 5.74) is 0.962. The largest absolute Gasteiger partial charge is 0.492 e. The maximum atomic E-state index is 12.4. The molecule has 10 heteroatoms. The van der Waals surface area contributed by atoms with Gasteiger partial charge in [0.05, 0.1) is 16.0 Å². The molecule has 0 fully saturated rings. The van der Waals surface area contributed by atoms with Crippen molar-refractivity contribution in [2.24, 2.45) is 0 Å². The number of amides is 1. The van der Waals surface area contributed by atoms with Crippen molar-refractivity contribution in [2.45, 2.75) is 38.1 Å². The number of nitrogens with one attached hydrogen (secondary N) is 3. The van der Waals surface area contributed by atoms with Crippen LogP contribution in [0.1, 0.15) is 37.6 Å². The molecule has 0 aliphatic heterocycles. The molecule has 7 nitrogen and oxygen atoms in total. The van der Waals surface area contributed by atoms with Gasteiger partial charge in [-0.1, -0.05) is 6.92 Å². The number of hydrogen-bond donors (Lipinski definition) is 3. The average molecular weight is 514 g/mol. The van der Waals surface area contributed by atoms with Gasteiger partial charge < -0.3 is 10.1 Å². The Hall–Kier alpha value is -2.01. The quantitative estimate of drug-likeness (QED) is 0.460. The first-order valence-electron chi connectivity index (χ1n) is 9.29. The highest BCUT2D eigenvalue weighted by Gasteiger charge is 2.15. The number of hydrogen-bond acceptors (Lipinski definition) is 5. The normalized spacial score (nSPS) is 11.2. The molecular weight excluding hydrogens is 490 g/mol. The lowest BCUT2D eigenvalue weighted by Gasteiger charge is -2.12. The van der Waals surface area contributed by atoms with E-state index in [4.69, 9.17) is 17.0 Å². The summed E-state index contributed by atoms with van der Waals surface area (Å²) in [6.07, 6.45) is 0.885. The van der Waals surface area contributed by atoms with Gasteiger partial charge in [-0.2, -0.15) is 0 Å². The summed E-state index contributed by atoms with van der Waals surface area (Å²) in [5.74, 6) is 0.284. The van der Waals surface area contributed by atoms with Crippen molar-refractivity contribution in [3.8, 4) is 5.75 Å². The van der Waals surface area contributed by atoms with Gasteiger partial charge in [-0.15, -0.1) is 0 Å². The molecule has 162 valence electrons. The van der Waals surface area contributed by atoms with Crippen LogP contribution in [0.3, 0.4) is 0 Å². The number of carbonyl (C=O) groups excluding carboxylic acids is 1. The minimum Gasteiger partial charge on any atom is -0.492 e. The fourth-order valence-corrected chi connectivity index (χ4v) is 4.36. The lowest BCUT2D eigenvalue weighted by molar-refractivity contribution is 0.0977.